The molecular weight excluding hydrogens is 451 g/mol. The summed E-state index contributed by atoms with van der Waals surface area (Å²) >= 11 is 0. The van der Waals surface area contributed by atoms with E-state index in [2.05, 4.69) is 10.0 Å². The van der Waals surface area contributed by atoms with Crippen molar-refractivity contribution in [2.75, 3.05) is 23.3 Å². The molecule has 172 valence electrons. The summed E-state index contributed by atoms with van der Waals surface area (Å²) in [6, 6.07) is 16.9. The first-order chi connectivity index (χ1) is 15.8. The van der Waals surface area contributed by atoms with Crippen molar-refractivity contribution in [2.24, 2.45) is 0 Å². The molecule has 0 fully saturated rings. The summed E-state index contributed by atoms with van der Waals surface area (Å²) in [6.45, 7) is 1.61. The number of sulfonamides is 1. The van der Waals surface area contributed by atoms with Crippen LogP contribution in [0.15, 0.2) is 77.7 Å². The fourth-order valence-corrected chi connectivity index (χ4v) is 3.89. The number of rotatable bonds is 9. The van der Waals surface area contributed by atoms with Crippen LogP contribution in [-0.4, -0.2) is 33.5 Å². The molecular formula is C23H21FN2O6S. The first-order valence-corrected chi connectivity index (χ1v) is 11.3. The van der Waals surface area contributed by atoms with Gasteiger partial charge in [-0.05, 0) is 61.5 Å². The van der Waals surface area contributed by atoms with Crippen molar-refractivity contribution in [3.8, 4) is 5.75 Å². The molecule has 0 aliphatic carbocycles. The van der Waals surface area contributed by atoms with Crippen LogP contribution < -0.4 is 14.8 Å². The van der Waals surface area contributed by atoms with Crippen LogP contribution in [0, 0.1) is 5.82 Å². The SMILES string of the molecule is CCOc1ccc(S(=O)(=O)Nc2ccccc2C(=O)OCC(=O)Nc2cccc(F)c2)cc1. The normalized spacial score (nSPS) is 10.8. The average molecular weight is 472 g/mol. The van der Waals surface area contributed by atoms with Gasteiger partial charge in [0.15, 0.2) is 6.61 Å². The molecule has 8 nitrogen and oxygen atoms in total. The summed E-state index contributed by atoms with van der Waals surface area (Å²) in [5, 5.41) is 2.40. The lowest BCUT2D eigenvalue weighted by atomic mass is 10.2. The fourth-order valence-electron chi connectivity index (χ4n) is 2.81. The van der Waals surface area contributed by atoms with Gasteiger partial charge in [0.25, 0.3) is 15.9 Å². The second kappa shape index (κ2) is 10.6. The summed E-state index contributed by atoms with van der Waals surface area (Å²) in [6.07, 6.45) is 0. The maximum atomic E-state index is 13.2. The first kappa shape index (κ1) is 23.7. The molecule has 0 spiro atoms. The highest BCUT2D eigenvalue weighted by molar-refractivity contribution is 7.92. The molecule has 0 aliphatic rings. The largest absolute Gasteiger partial charge is 0.494 e. The smallest absolute Gasteiger partial charge is 0.340 e. The number of hydrogen-bond acceptors (Lipinski definition) is 6. The lowest BCUT2D eigenvalue weighted by molar-refractivity contribution is -0.119. The highest BCUT2D eigenvalue weighted by atomic mass is 32.2. The van der Waals surface area contributed by atoms with Crippen molar-refractivity contribution < 1.29 is 31.9 Å². The number of ether oxygens (including phenoxy) is 2. The summed E-state index contributed by atoms with van der Waals surface area (Å²) in [5.74, 6) is -1.59. The summed E-state index contributed by atoms with van der Waals surface area (Å²) in [5.41, 5.74) is 0.118. The van der Waals surface area contributed by atoms with Gasteiger partial charge in [-0.25, -0.2) is 17.6 Å². The Hall–Kier alpha value is -3.92. The Balaban J connectivity index is 1.67. The van der Waals surface area contributed by atoms with Crippen molar-refractivity contribution in [2.45, 2.75) is 11.8 Å². The van der Waals surface area contributed by atoms with Gasteiger partial charge < -0.3 is 14.8 Å². The van der Waals surface area contributed by atoms with Gasteiger partial charge in [0.05, 0.1) is 22.8 Å². The zero-order chi connectivity index (χ0) is 23.8. The van der Waals surface area contributed by atoms with Crippen LogP contribution in [0.1, 0.15) is 17.3 Å². The minimum Gasteiger partial charge on any atom is -0.494 e. The van der Waals surface area contributed by atoms with Crippen molar-refractivity contribution >= 4 is 33.3 Å². The molecule has 33 heavy (non-hydrogen) atoms. The lowest BCUT2D eigenvalue weighted by Crippen LogP contribution is -2.22. The van der Waals surface area contributed by atoms with Crippen LogP contribution in [0.25, 0.3) is 0 Å². The van der Waals surface area contributed by atoms with Gasteiger partial charge in [0, 0.05) is 5.69 Å². The molecule has 3 rings (SSSR count). The highest BCUT2D eigenvalue weighted by Crippen LogP contribution is 2.22. The Bertz CT molecular complexity index is 1250. The van der Waals surface area contributed by atoms with Crippen LogP contribution in [0.2, 0.25) is 0 Å². The van der Waals surface area contributed by atoms with E-state index < -0.39 is 34.3 Å². The number of benzene rings is 3. The summed E-state index contributed by atoms with van der Waals surface area (Å²) < 4.78 is 51.4. The molecule has 3 aromatic rings. The predicted molar refractivity (Wildman–Crippen MR) is 120 cm³/mol. The number of carbonyl (C=O) groups excluding carboxylic acids is 2. The summed E-state index contributed by atoms with van der Waals surface area (Å²) in [7, 11) is -4.01. The van der Waals surface area contributed by atoms with E-state index in [9.17, 15) is 22.4 Å². The molecule has 3 aromatic carbocycles. The molecule has 0 saturated heterocycles. The molecule has 1 amide bonds. The monoisotopic (exact) mass is 472 g/mol. The standard InChI is InChI=1S/C23H21FN2O6S/c1-2-31-18-10-12-19(13-11-18)33(29,30)26-21-9-4-3-8-20(21)23(28)32-15-22(27)25-17-7-5-6-16(24)14-17/h3-14,26H,2,15H2,1H3,(H,25,27). The maximum Gasteiger partial charge on any atom is 0.340 e. The number of para-hydroxylation sites is 1. The average Bonchev–Trinajstić information content (AvgIpc) is 2.78. The number of nitrogens with one attached hydrogen (secondary N) is 2. The topological polar surface area (TPSA) is 111 Å². The van der Waals surface area contributed by atoms with Gasteiger partial charge in [-0.1, -0.05) is 18.2 Å². The van der Waals surface area contributed by atoms with E-state index in [-0.39, 0.29) is 21.8 Å². The Morgan fingerprint density at radius 3 is 2.39 bits per heavy atom. The predicted octanol–water partition coefficient (Wildman–Crippen LogP) is 3.82. The van der Waals surface area contributed by atoms with Crippen LogP contribution in [0.3, 0.4) is 0 Å². The van der Waals surface area contributed by atoms with Gasteiger partial charge in [-0.3, -0.25) is 9.52 Å². The minimum atomic E-state index is -4.01. The van der Waals surface area contributed by atoms with Crippen LogP contribution >= 0.6 is 0 Å². The van der Waals surface area contributed by atoms with Crippen molar-refractivity contribution in [3.63, 3.8) is 0 Å². The third-order valence-corrected chi connectivity index (χ3v) is 5.66. The molecule has 0 unspecified atom stereocenters. The van der Waals surface area contributed by atoms with E-state index in [1.807, 2.05) is 6.92 Å². The Labute approximate surface area is 190 Å². The Morgan fingerprint density at radius 2 is 1.70 bits per heavy atom. The second-order valence-corrected chi connectivity index (χ2v) is 8.37. The molecule has 0 radical (unpaired) electrons. The van der Waals surface area contributed by atoms with E-state index in [1.165, 1.54) is 60.7 Å². The van der Waals surface area contributed by atoms with E-state index in [1.54, 1.807) is 6.07 Å². The number of hydrogen-bond donors (Lipinski definition) is 2. The maximum absolute atomic E-state index is 13.2. The molecule has 2 N–H and O–H groups in total. The quantitative estimate of drug-likeness (QED) is 0.458. The fraction of sp³-hybridized carbons (Fsp3) is 0.130. The van der Waals surface area contributed by atoms with E-state index in [4.69, 9.17) is 9.47 Å². The molecule has 10 heteroatoms. The lowest BCUT2D eigenvalue weighted by Gasteiger charge is -2.13. The van der Waals surface area contributed by atoms with Gasteiger partial charge in [-0.2, -0.15) is 0 Å². The van der Waals surface area contributed by atoms with Gasteiger partial charge in [0.1, 0.15) is 11.6 Å². The molecule has 0 bridgehead atoms. The van der Waals surface area contributed by atoms with Gasteiger partial charge in [-0.15, -0.1) is 0 Å². The third-order valence-electron chi connectivity index (χ3n) is 4.28. The molecule has 0 atom stereocenters. The third kappa shape index (κ3) is 6.53. The molecule has 0 aromatic heterocycles. The van der Waals surface area contributed by atoms with Crippen molar-refractivity contribution in [1.29, 1.82) is 0 Å². The second-order valence-electron chi connectivity index (χ2n) is 6.69. The highest BCUT2D eigenvalue weighted by Gasteiger charge is 2.20. The van der Waals surface area contributed by atoms with Gasteiger partial charge in [0.2, 0.25) is 0 Å². The zero-order valence-corrected chi connectivity index (χ0v) is 18.4. The Morgan fingerprint density at radius 1 is 0.970 bits per heavy atom. The number of halogens is 1. The zero-order valence-electron chi connectivity index (χ0n) is 17.6. The first-order valence-electron chi connectivity index (χ1n) is 9.86. The van der Waals surface area contributed by atoms with Crippen LogP contribution in [-0.2, 0) is 19.6 Å². The molecule has 0 heterocycles. The number of anilines is 2. The molecule has 0 saturated carbocycles. The molecule has 0 aliphatic heterocycles. The van der Waals surface area contributed by atoms with E-state index in [0.29, 0.717) is 12.4 Å². The van der Waals surface area contributed by atoms with Crippen LogP contribution in [0.4, 0.5) is 15.8 Å². The van der Waals surface area contributed by atoms with Crippen LogP contribution in [0.5, 0.6) is 5.75 Å². The van der Waals surface area contributed by atoms with Crippen molar-refractivity contribution in [1.82, 2.24) is 0 Å². The van der Waals surface area contributed by atoms with E-state index in [0.717, 1.165) is 6.07 Å². The van der Waals surface area contributed by atoms with Gasteiger partial charge >= 0.3 is 5.97 Å². The number of esters is 1. The van der Waals surface area contributed by atoms with Crippen molar-refractivity contribution in [3.05, 3.63) is 84.2 Å². The Kier molecular flexibility index (Phi) is 7.62. The number of carbonyl (C=O) groups is 2. The summed E-state index contributed by atoms with van der Waals surface area (Å²) in [4.78, 5) is 24.5. The van der Waals surface area contributed by atoms with E-state index >= 15 is 0 Å². The number of amides is 1. The minimum absolute atomic E-state index is 0.0121.